The average Bonchev–Trinajstić information content (AvgIpc) is 2.48. The van der Waals surface area contributed by atoms with Gasteiger partial charge in [0.05, 0.1) is 6.61 Å². The molecule has 3 nitrogen and oxygen atoms in total. The quantitative estimate of drug-likeness (QED) is 0.659. The van der Waals surface area contributed by atoms with Gasteiger partial charge in [-0.05, 0) is 18.1 Å². The van der Waals surface area contributed by atoms with Crippen LogP contribution in [-0.4, -0.2) is 17.7 Å². The second-order valence-electron chi connectivity index (χ2n) is 4.56. The first-order valence-electron chi connectivity index (χ1n) is 6.78. The summed E-state index contributed by atoms with van der Waals surface area (Å²) in [6.07, 6.45) is 1.79. The highest BCUT2D eigenvalue weighted by molar-refractivity contribution is 5.95. The largest absolute Gasteiger partial charge is 0.506 e. The van der Waals surface area contributed by atoms with Crippen LogP contribution >= 0.6 is 0 Å². The van der Waals surface area contributed by atoms with E-state index in [1.54, 1.807) is 18.2 Å². The number of hydrogen-bond donors (Lipinski definition) is 1. The zero-order valence-electron chi connectivity index (χ0n) is 11.5. The summed E-state index contributed by atoms with van der Waals surface area (Å²) in [5.41, 5.74) is 1.71. The maximum absolute atomic E-state index is 11.9. The number of hydrogen-bond acceptors (Lipinski definition) is 3. The summed E-state index contributed by atoms with van der Waals surface area (Å²) in [5.74, 6) is -0.506. The van der Waals surface area contributed by atoms with E-state index in [4.69, 9.17) is 4.74 Å². The number of esters is 1. The molecule has 0 aromatic heterocycles. The van der Waals surface area contributed by atoms with Crippen molar-refractivity contribution in [2.45, 2.75) is 19.8 Å². The molecule has 0 bridgehead atoms. The molecule has 0 radical (unpaired) electrons. The van der Waals surface area contributed by atoms with Gasteiger partial charge in [0.25, 0.3) is 0 Å². The van der Waals surface area contributed by atoms with Crippen molar-refractivity contribution in [3.05, 3.63) is 54.1 Å². The Hall–Kier alpha value is -2.29. The molecule has 0 amide bonds. The summed E-state index contributed by atoms with van der Waals surface area (Å²) in [6, 6.07) is 14.6. The van der Waals surface area contributed by atoms with Crippen LogP contribution in [0.3, 0.4) is 0 Å². The minimum Gasteiger partial charge on any atom is -0.506 e. The molecule has 2 aromatic rings. The van der Waals surface area contributed by atoms with E-state index in [1.807, 2.05) is 37.3 Å². The number of carbonyl (C=O) groups is 1. The minimum absolute atomic E-state index is 0.0276. The van der Waals surface area contributed by atoms with Gasteiger partial charge in [0, 0.05) is 5.56 Å². The molecule has 2 aromatic carbocycles. The zero-order chi connectivity index (χ0) is 14.4. The lowest BCUT2D eigenvalue weighted by molar-refractivity contribution is 0.0496. The van der Waals surface area contributed by atoms with E-state index in [1.165, 1.54) is 0 Å². The molecule has 0 spiro atoms. The van der Waals surface area contributed by atoms with Crippen molar-refractivity contribution >= 4 is 5.97 Å². The number of benzene rings is 2. The maximum Gasteiger partial charge on any atom is 0.341 e. The van der Waals surface area contributed by atoms with Gasteiger partial charge in [0.15, 0.2) is 0 Å². The predicted molar refractivity (Wildman–Crippen MR) is 78.7 cm³/mol. The second-order valence-corrected chi connectivity index (χ2v) is 4.56. The number of para-hydroxylation sites is 1. The number of ether oxygens (including phenoxy) is 1. The molecule has 3 heteroatoms. The van der Waals surface area contributed by atoms with Crippen molar-refractivity contribution in [3.8, 4) is 16.9 Å². The molecule has 0 saturated carbocycles. The van der Waals surface area contributed by atoms with Gasteiger partial charge in [0.1, 0.15) is 11.3 Å². The van der Waals surface area contributed by atoms with Crippen LogP contribution in [-0.2, 0) is 4.74 Å². The number of aromatic hydroxyl groups is 1. The van der Waals surface area contributed by atoms with Crippen molar-refractivity contribution in [3.63, 3.8) is 0 Å². The topological polar surface area (TPSA) is 46.5 Å². The van der Waals surface area contributed by atoms with Crippen LogP contribution in [0.15, 0.2) is 48.5 Å². The lowest BCUT2D eigenvalue weighted by Crippen LogP contribution is -2.06. The van der Waals surface area contributed by atoms with Crippen LogP contribution in [0.2, 0.25) is 0 Å². The molecule has 2 rings (SSSR count). The molecule has 104 valence electrons. The molecule has 0 aliphatic rings. The van der Waals surface area contributed by atoms with Crippen LogP contribution in [0.1, 0.15) is 30.1 Å². The number of carbonyl (C=O) groups excluding carboxylic acids is 1. The minimum atomic E-state index is -0.478. The van der Waals surface area contributed by atoms with E-state index >= 15 is 0 Å². The van der Waals surface area contributed by atoms with E-state index in [0.29, 0.717) is 12.2 Å². The fourth-order valence-electron chi connectivity index (χ4n) is 1.95. The van der Waals surface area contributed by atoms with Crippen LogP contribution < -0.4 is 0 Å². The maximum atomic E-state index is 11.9. The molecule has 0 aliphatic carbocycles. The van der Waals surface area contributed by atoms with Crippen molar-refractivity contribution in [2.75, 3.05) is 6.61 Å². The van der Waals surface area contributed by atoms with Gasteiger partial charge >= 0.3 is 5.97 Å². The summed E-state index contributed by atoms with van der Waals surface area (Å²) in [4.78, 5) is 11.9. The van der Waals surface area contributed by atoms with E-state index in [0.717, 1.165) is 18.4 Å². The number of unbranched alkanes of at least 4 members (excludes halogenated alkanes) is 1. The standard InChI is InChI=1S/C17H18O3/c1-2-3-12-20-17(19)15-11-7-10-14(16(15)18)13-8-5-4-6-9-13/h4-11,18H,2-3,12H2,1H3. The van der Waals surface area contributed by atoms with Gasteiger partial charge in [0.2, 0.25) is 0 Å². The Morgan fingerprint density at radius 1 is 1.10 bits per heavy atom. The normalized spacial score (nSPS) is 10.2. The first-order chi connectivity index (χ1) is 9.74. The van der Waals surface area contributed by atoms with Crippen LogP contribution in [0.5, 0.6) is 5.75 Å². The Morgan fingerprint density at radius 3 is 2.55 bits per heavy atom. The third-order valence-corrected chi connectivity index (χ3v) is 3.07. The third kappa shape index (κ3) is 3.18. The SMILES string of the molecule is CCCCOC(=O)c1cccc(-c2ccccc2)c1O. The van der Waals surface area contributed by atoms with E-state index in [-0.39, 0.29) is 11.3 Å². The molecule has 0 atom stereocenters. The summed E-state index contributed by atoms with van der Waals surface area (Å²) in [5, 5.41) is 10.3. The Labute approximate surface area is 118 Å². The fraction of sp³-hybridized carbons (Fsp3) is 0.235. The van der Waals surface area contributed by atoms with Gasteiger partial charge < -0.3 is 9.84 Å². The Kier molecular flexibility index (Phi) is 4.77. The highest BCUT2D eigenvalue weighted by atomic mass is 16.5. The van der Waals surface area contributed by atoms with Crippen molar-refractivity contribution < 1.29 is 14.6 Å². The van der Waals surface area contributed by atoms with Gasteiger partial charge in [-0.15, -0.1) is 0 Å². The first-order valence-corrected chi connectivity index (χ1v) is 6.78. The van der Waals surface area contributed by atoms with Crippen LogP contribution in [0.4, 0.5) is 0 Å². The van der Waals surface area contributed by atoms with Crippen molar-refractivity contribution in [2.24, 2.45) is 0 Å². The van der Waals surface area contributed by atoms with Crippen LogP contribution in [0, 0.1) is 0 Å². The number of phenolic OH excluding ortho intramolecular Hbond substituents is 1. The second kappa shape index (κ2) is 6.75. The van der Waals surface area contributed by atoms with Gasteiger partial charge in [-0.3, -0.25) is 0 Å². The van der Waals surface area contributed by atoms with E-state index in [2.05, 4.69) is 0 Å². The first kappa shape index (κ1) is 14.1. The molecule has 0 heterocycles. The highest BCUT2D eigenvalue weighted by Gasteiger charge is 2.16. The third-order valence-electron chi connectivity index (χ3n) is 3.07. The lowest BCUT2D eigenvalue weighted by atomic mass is 10.0. The summed E-state index contributed by atoms with van der Waals surface area (Å²) in [7, 11) is 0. The lowest BCUT2D eigenvalue weighted by Gasteiger charge is -2.09. The van der Waals surface area contributed by atoms with E-state index in [9.17, 15) is 9.90 Å². The Morgan fingerprint density at radius 2 is 1.85 bits per heavy atom. The molecule has 1 N–H and O–H groups in total. The molecular weight excluding hydrogens is 252 g/mol. The van der Waals surface area contributed by atoms with Crippen molar-refractivity contribution in [1.29, 1.82) is 0 Å². The summed E-state index contributed by atoms with van der Waals surface area (Å²) in [6.45, 7) is 2.41. The smallest absolute Gasteiger partial charge is 0.341 e. The molecule has 0 unspecified atom stereocenters. The molecule has 0 fully saturated rings. The molecule has 20 heavy (non-hydrogen) atoms. The Bertz CT molecular complexity index is 576. The van der Waals surface area contributed by atoms with E-state index < -0.39 is 5.97 Å². The summed E-state index contributed by atoms with van der Waals surface area (Å²) < 4.78 is 5.14. The molecule has 0 aliphatic heterocycles. The number of rotatable bonds is 5. The van der Waals surface area contributed by atoms with Gasteiger partial charge in [-0.2, -0.15) is 0 Å². The predicted octanol–water partition coefficient (Wildman–Crippen LogP) is 4.02. The summed E-state index contributed by atoms with van der Waals surface area (Å²) >= 11 is 0. The molecular formula is C17H18O3. The zero-order valence-corrected chi connectivity index (χ0v) is 11.5. The molecule has 0 saturated heterocycles. The fourth-order valence-corrected chi connectivity index (χ4v) is 1.95. The highest BCUT2D eigenvalue weighted by Crippen LogP contribution is 2.32. The van der Waals surface area contributed by atoms with Crippen LogP contribution in [0.25, 0.3) is 11.1 Å². The average molecular weight is 270 g/mol. The van der Waals surface area contributed by atoms with Gasteiger partial charge in [-0.1, -0.05) is 55.8 Å². The Balaban J connectivity index is 2.26. The monoisotopic (exact) mass is 270 g/mol. The van der Waals surface area contributed by atoms with Crippen molar-refractivity contribution in [1.82, 2.24) is 0 Å². The van der Waals surface area contributed by atoms with Gasteiger partial charge in [-0.25, -0.2) is 4.79 Å². The number of phenols is 1.